The molecule has 0 amide bonds. The standard InChI is InChI=1S/C17H19NO3/c1-3-21-16-10-5-4-7-13(16)11-18-15-9-6-8-14(12(15)2)17(19)20/h4-10,18H,3,11H2,1-2H3,(H,19,20). The Hall–Kier alpha value is -2.49. The van der Waals surface area contributed by atoms with Crippen LogP contribution >= 0.6 is 0 Å². The Morgan fingerprint density at radius 2 is 1.95 bits per heavy atom. The Labute approximate surface area is 124 Å². The Bertz CT molecular complexity index is 638. The SMILES string of the molecule is CCOc1ccccc1CNc1cccc(C(=O)O)c1C. The van der Waals surface area contributed by atoms with Crippen molar-refractivity contribution in [3.05, 3.63) is 59.2 Å². The van der Waals surface area contributed by atoms with E-state index in [1.807, 2.05) is 37.3 Å². The van der Waals surface area contributed by atoms with Crippen LogP contribution in [0.2, 0.25) is 0 Å². The molecule has 0 radical (unpaired) electrons. The van der Waals surface area contributed by atoms with Gasteiger partial charge in [0.2, 0.25) is 0 Å². The van der Waals surface area contributed by atoms with Crippen molar-refractivity contribution in [2.75, 3.05) is 11.9 Å². The maximum atomic E-state index is 11.1. The second-order valence-corrected chi connectivity index (χ2v) is 4.68. The van der Waals surface area contributed by atoms with E-state index in [1.54, 1.807) is 19.1 Å². The molecule has 0 aromatic heterocycles. The lowest BCUT2D eigenvalue weighted by atomic mass is 10.1. The van der Waals surface area contributed by atoms with Gasteiger partial charge in [-0.05, 0) is 37.6 Å². The fourth-order valence-corrected chi connectivity index (χ4v) is 2.20. The molecule has 0 heterocycles. The van der Waals surface area contributed by atoms with E-state index in [-0.39, 0.29) is 0 Å². The highest BCUT2D eigenvalue weighted by Gasteiger charge is 2.10. The molecule has 0 atom stereocenters. The summed E-state index contributed by atoms with van der Waals surface area (Å²) in [4.78, 5) is 11.1. The van der Waals surface area contributed by atoms with Crippen LogP contribution in [0, 0.1) is 6.92 Å². The molecule has 0 aliphatic carbocycles. The summed E-state index contributed by atoms with van der Waals surface area (Å²) in [6.45, 7) is 4.95. The van der Waals surface area contributed by atoms with E-state index in [0.29, 0.717) is 18.7 Å². The summed E-state index contributed by atoms with van der Waals surface area (Å²) < 4.78 is 5.58. The topological polar surface area (TPSA) is 58.6 Å². The monoisotopic (exact) mass is 285 g/mol. The van der Waals surface area contributed by atoms with Crippen LogP contribution < -0.4 is 10.1 Å². The van der Waals surface area contributed by atoms with E-state index in [9.17, 15) is 4.79 Å². The van der Waals surface area contributed by atoms with Crippen molar-refractivity contribution in [2.24, 2.45) is 0 Å². The summed E-state index contributed by atoms with van der Waals surface area (Å²) in [6, 6.07) is 13.1. The number of aromatic carboxylic acids is 1. The third-order valence-corrected chi connectivity index (χ3v) is 3.31. The van der Waals surface area contributed by atoms with Crippen LogP contribution in [0.1, 0.15) is 28.4 Å². The first kappa shape index (κ1) is 14.9. The number of ether oxygens (including phenoxy) is 1. The Morgan fingerprint density at radius 1 is 1.19 bits per heavy atom. The van der Waals surface area contributed by atoms with Gasteiger partial charge in [-0.1, -0.05) is 24.3 Å². The summed E-state index contributed by atoms with van der Waals surface area (Å²) >= 11 is 0. The molecule has 2 aromatic carbocycles. The summed E-state index contributed by atoms with van der Waals surface area (Å²) in [5.41, 5.74) is 2.91. The summed E-state index contributed by atoms with van der Waals surface area (Å²) in [6.07, 6.45) is 0. The van der Waals surface area contributed by atoms with E-state index in [2.05, 4.69) is 5.32 Å². The Balaban J connectivity index is 2.17. The van der Waals surface area contributed by atoms with Crippen LogP contribution in [0.25, 0.3) is 0 Å². The molecule has 4 nitrogen and oxygen atoms in total. The van der Waals surface area contributed by atoms with Gasteiger partial charge >= 0.3 is 5.97 Å². The molecule has 2 rings (SSSR count). The van der Waals surface area contributed by atoms with Crippen LogP contribution in [-0.2, 0) is 6.54 Å². The van der Waals surface area contributed by atoms with Gasteiger partial charge in [0.1, 0.15) is 5.75 Å². The van der Waals surface area contributed by atoms with Gasteiger partial charge in [0, 0.05) is 17.8 Å². The average molecular weight is 285 g/mol. The van der Waals surface area contributed by atoms with Gasteiger partial charge in [-0.2, -0.15) is 0 Å². The number of para-hydroxylation sites is 1. The first-order valence-corrected chi connectivity index (χ1v) is 6.91. The Kier molecular flexibility index (Phi) is 4.82. The van der Waals surface area contributed by atoms with Gasteiger partial charge in [0.15, 0.2) is 0 Å². The summed E-state index contributed by atoms with van der Waals surface area (Å²) in [5, 5.41) is 12.4. The van der Waals surface area contributed by atoms with Crippen LogP contribution in [-0.4, -0.2) is 17.7 Å². The van der Waals surface area contributed by atoms with Gasteiger partial charge < -0.3 is 15.2 Å². The number of carboxylic acid groups (broad SMARTS) is 1. The molecule has 0 bridgehead atoms. The smallest absolute Gasteiger partial charge is 0.336 e. The molecular formula is C17H19NO3. The van der Waals surface area contributed by atoms with Gasteiger partial charge in [0.25, 0.3) is 0 Å². The maximum absolute atomic E-state index is 11.1. The molecule has 0 saturated carbocycles. The fraction of sp³-hybridized carbons (Fsp3) is 0.235. The highest BCUT2D eigenvalue weighted by atomic mass is 16.5. The molecule has 0 spiro atoms. The van der Waals surface area contributed by atoms with Crippen molar-refractivity contribution in [2.45, 2.75) is 20.4 Å². The van der Waals surface area contributed by atoms with Crippen LogP contribution in [0.15, 0.2) is 42.5 Å². The molecular weight excluding hydrogens is 266 g/mol. The Morgan fingerprint density at radius 3 is 2.67 bits per heavy atom. The minimum absolute atomic E-state index is 0.318. The molecule has 2 N–H and O–H groups in total. The second-order valence-electron chi connectivity index (χ2n) is 4.68. The van der Waals surface area contributed by atoms with Crippen molar-refractivity contribution in [1.82, 2.24) is 0 Å². The number of benzene rings is 2. The lowest BCUT2D eigenvalue weighted by Crippen LogP contribution is -2.07. The van der Waals surface area contributed by atoms with Crippen LogP contribution in [0.4, 0.5) is 5.69 Å². The number of anilines is 1. The first-order valence-electron chi connectivity index (χ1n) is 6.91. The molecule has 110 valence electrons. The number of carboxylic acids is 1. The summed E-state index contributed by atoms with van der Waals surface area (Å²) in [5.74, 6) is -0.0644. The van der Waals surface area contributed by atoms with Crippen molar-refractivity contribution >= 4 is 11.7 Å². The summed E-state index contributed by atoms with van der Waals surface area (Å²) in [7, 11) is 0. The first-order chi connectivity index (χ1) is 10.1. The molecule has 0 unspecified atom stereocenters. The lowest BCUT2D eigenvalue weighted by molar-refractivity contribution is 0.0696. The van der Waals surface area contributed by atoms with Crippen molar-refractivity contribution < 1.29 is 14.6 Å². The molecule has 21 heavy (non-hydrogen) atoms. The van der Waals surface area contributed by atoms with Crippen molar-refractivity contribution in [3.8, 4) is 5.75 Å². The maximum Gasteiger partial charge on any atom is 0.336 e. The van der Waals surface area contributed by atoms with Crippen molar-refractivity contribution in [1.29, 1.82) is 0 Å². The lowest BCUT2D eigenvalue weighted by Gasteiger charge is -2.14. The average Bonchev–Trinajstić information content (AvgIpc) is 2.47. The predicted octanol–water partition coefficient (Wildman–Crippen LogP) is 3.70. The zero-order valence-electron chi connectivity index (χ0n) is 12.2. The number of carbonyl (C=O) groups is 1. The molecule has 0 aliphatic rings. The van der Waals surface area contributed by atoms with Crippen LogP contribution in [0.5, 0.6) is 5.75 Å². The largest absolute Gasteiger partial charge is 0.494 e. The molecule has 0 fully saturated rings. The van der Waals surface area contributed by atoms with E-state index in [0.717, 1.165) is 22.6 Å². The highest BCUT2D eigenvalue weighted by molar-refractivity contribution is 5.91. The normalized spacial score (nSPS) is 10.2. The molecule has 2 aromatic rings. The zero-order valence-corrected chi connectivity index (χ0v) is 12.2. The number of nitrogens with one attached hydrogen (secondary N) is 1. The van der Waals surface area contributed by atoms with Crippen LogP contribution in [0.3, 0.4) is 0 Å². The van der Waals surface area contributed by atoms with Gasteiger partial charge in [0.05, 0.1) is 12.2 Å². The number of rotatable bonds is 6. The third-order valence-electron chi connectivity index (χ3n) is 3.31. The van der Waals surface area contributed by atoms with E-state index in [1.165, 1.54) is 0 Å². The molecule has 4 heteroatoms. The fourth-order valence-electron chi connectivity index (χ4n) is 2.20. The molecule has 0 aliphatic heterocycles. The number of hydrogen-bond acceptors (Lipinski definition) is 3. The van der Waals surface area contributed by atoms with Crippen molar-refractivity contribution in [3.63, 3.8) is 0 Å². The second kappa shape index (κ2) is 6.79. The van der Waals surface area contributed by atoms with Gasteiger partial charge in [-0.25, -0.2) is 4.79 Å². The zero-order chi connectivity index (χ0) is 15.2. The molecule has 0 saturated heterocycles. The van der Waals surface area contributed by atoms with E-state index >= 15 is 0 Å². The third kappa shape index (κ3) is 3.54. The van der Waals surface area contributed by atoms with Gasteiger partial charge in [-0.15, -0.1) is 0 Å². The highest BCUT2D eigenvalue weighted by Crippen LogP contribution is 2.23. The minimum Gasteiger partial charge on any atom is -0.494 e. The minimum atomic E-state index is -0.911. The number of hydrogen-bond donors (Lipinski definition) is 2. The van der Waals surface area contributed by atoms with E-state index < -0.39 is 5.97 Å². The van der Waals surface area contributed by atoms with Gasteiger partial charge in [-0.3, -0.25) is 0 Å². The quantitative estimate of drug-likeness (QED) is 0.849. The predicted molar refractivity (Wildman–Crippen MR) is 83.1 cm³/mol. The van der Waals surface area contributed by atoms with E-state index in [4.69, 9.17) is 9.84 Å².